The number of nitrogens with zero attached hydrogens (tertiary/aromatic N) is 2. The molecule has 0 spiro atoms. The summed E-state index contributed by atoms with van der Waals surface area (Å²) in [6.07, 6.45) is 1.75. The van der Waals surface area contributed by atoms with E-state index in [1.807, 2.05) is 28.9 Å². The Hall–Kier alpha value is -1.97. The summed E-state index contributed by atoms with van der Waals surface area (Å²) >= 11 is 0. The molecule has 0 saturated heterocycles. The summed E-state index contributed by atoms with van der Waals surface area (Å²) in [4.78, 5) is 0. The van der Waals surface area contributed by atoms with Crippen LogP contribution in [0.5, 0.6) is 11.5 Å². The summed E-state index contributed by atoms with van der Waals surface area (Å²) < 4.78 is 7.03. The molecule has 0 unspecified atom stereocenters. The lowest BCUT2D eigenvalue weighted by Gasteiger charge is -2.15. The molecular weight excluding hydrogens is 264 g/mol. The molecule has 0 fully saturated rings. The second-order valence-corrected chi connectivity index (χ2v) is 6.25. The second-order valence-electron chi connectivity index (χ2n) is 6.25. The fourth-order valence-corrected chi connectivity index (χ4v) is 2.35. The lowest BCUT2D eigenvalue weighted by Crippen LogP contribution is -2.13. The van der Waals surface area contributed by atoms with Crippen molar-refractivity contribution in [3.63, 3.8) is 0 Å². The molecular formula is C17H24N2O2. The molecule has 21 heavy (non-hydrogen) atoms. The molecule has 0 aliphatic rings. The van der Waals surface area contributed by atoms with Gasteiger partial charge >= 0.3 is 0 Å². The van der Waals surface area contributed by atoms with E-state index < -0.39 is 0 Å². The third-order valence-corrected chi connectivity index (χ3v) is 3.47. The number of ether oxygens (including phenoxy) is 1. The van der Waals surface area contributed by atoms with Gasteiger partial charge in [0, 0.05) is 5.41 Å². The largest absolute Gasteiger partial charge is 0.504 e. The van der Waals surface area contributed by atoms with Crippen molar-refractivity contribution < 1.29 is 9.84 Å². The maximum absolute atomic E-state index is 10.5. The van der Waals surface area contributed by atoms with Crippen LogP contribution in [0.1, 0.15) is 45.5 Å². The number of hydrogen-bond donors (Lipinski definition) is 1. The zero-order valence-corrected chi connectivity index (χ0v) is 13.5. The smallest absolute Gasteiger partial charge is 0.161 e. The summed E-state index contributed by atoms with van der Waals surface area (Å²) in [6, 6.07) is 7.72. The Morgan fingerprint density at radius 3 is 2.29 bits per heavy atom. The molecule has 4 nitrogen and oxygen atoms in total. The standard InChI is InChI=1S/C17H24N2O2/c1-6-7-14-15(20)16(17(2,3)4)18-19(14)12-8-10-13(21-5)11-9-12/h8-11,20H,6-7H2,1-5H3. The predicted octanol–water partition coefficient (Wildman–Crippen LogP) is 3.84. The maximum atomic E-state index is 10.5. The highest BCUT2D eigenvalue weighted by molar-refractivity contribution is 5.44. The van der Waals surface area contributed by atoms with Gasteiger partial charge in [-0.05, 0) is 30.7 Å². The highest BCUT2D eigenvalue weighted by Crippen LogP contribution is 2.34. The first-order valence-electron chi connectivity index (χ1n) is 7.34. The minimum atomic E-state index is -0.190. The molecule has 0 radical (unpaired) electrons. The Kier molecular flexibility index (Phi) is 4.26. The fourth-order valence-electron chi connectivity index (χ4n) is 2.35. The molecule has 1 aromatic carbocycles. The Morgan fingerprint density at radius 2 is 1.81 bits per heavy atom. The van der Waals surface area contributed by atoms with Crippen molar-refractivity contribution in [1.82, 2.24) is 9.78 Å². The summed E-state index contributed by atoms with van der Waals surface area (Å²) in [5.74, 6) is 1.13. The van der Waals surface area contributed by atoms with Gasteiger partial charge in [-0.2, -0.15) is 5.10 Å². The van der Waals surface area contributed by atoms with Crippen molar-refractivity contribution in [2.45, 2.75) is 46.0 Å². The number of aromatic nitrogens is 2. The average molecular weight is 288 g/mol. The van der Waals surface area contributed by atoms with Crippen molar-refractivity contribution >= 4 is 0 Å². The Balaban J connectivity index is 2.55. The number of rotatable bonds is 4. The molecule has 4 heteroatoms. The van der Waals surface area contributed by atoms with E-state index in [1.54, 1.807) is 7.11 Å². The van der Waals surface area contributed by atoms with E-state index in [4.69, 9.17) is 4.74 Å². The van der Waals surface area contributed by atoms with Gasteiger partial charge in [0.25, 0.3) is 0 Å². The van der Waals surface area contributed by atoms with Crippen LogP contribution in [0.2, 0.25) is 0 Å². The molecule has 114 valence electrons. The van der Waals surface area contributed by atoms with Gasteiger partial charge in [0.15, 0.2) is 5.75 Å². The quantitative estimate of drug-likeness (QED) is 0.930. The van der Waals surface area contributed by atoms with E-state index in [0.29, 0.717) is 5.75 Å². The summed E-state index contributed by atoms with van der Waals surface area (Å²) in [7, 11) is 1.65. The second kappa shape index (κ2) is 5.80. The number of hydrogen-bond acceptors (Lipinski definition) is 3. The van der Waals surface area contributed by atoms with E-state index in [0.717, 1.165) is 35.7 Å². The van der Waals surface area contributed by atoms with Crippen molar-refractivity contribution in [3.8, 4) is 17.2 Å². The molecule has 1 N–H and O–H groups in total. The first-order chi connectivity index (χ1) is 9.88. The van der Waals surface area contributed by atoms with Gasteiger partial charge in [0.1, 0.15) is 11.4 Å². The van der Waals surface area contributed by atoms with Crippen LogP contribution >= 0.6 is 0 Å². The number of benzene rings is 1. The van der Waals surface area contributed by atoms with Gasteiger partial charge in [-0.25, -0.2) is 4.68 Å². The lowest BCUT2D eigenvalue weighted by atomic mass is 9.91. The van der Waals surface area contributed by atoms with Crippen LogP contribution in [0.25, 0.3) is 5.69 Å². The Bertz CT molecular complexity index is 607. The van der Waals surface area contributed by atoms with Crippen LogP contribution in [0, 0.1) is 0 Å². The molecule has 2 aromatic rings. The van der Waals surface area contributed by atoms with Crippen molar-refractivity contribution in [2.24, 2.45) is 0 Å². The normalized spacial score (nSPS) is 11.7. The minimum absolute atomic E-state index is 0.190. The van der Waals surface area contributed by atoms with Crippen molar-refractivity contribution in [3.05, 3.63) is 35.7 Å². The average Bonchev–Trinajstić information content (AvgIpc) is 2.77. The van der Waals surface area contributed by atoms with Gasteiger partial charge in [0.05, 0.1) is 18.5 Å². The van der Waals surface area contributed by atoms with E-state index in [1.165, 1.54) is 0 Å². The molecule has 1 aromatic heterocycles. The summed E-state index contributed by atoms with van der Waals surface area (Å²) in [6.45, 7) is 8.27. The van der Waals surface area contributed by atoms with Crippen LogP contribution in [-0.2, 0) is 11.8 Å². The third-order valence-electron chi connectivity index (χ3n) is 3.47. The number of methoxy groups -OCH3 is 1. The van der Waals surface area contributed by atoms with Crippen LogP contribution in [0.3, 0.4) is 0 Å². The molecule has 0 amide bonds. The van der Waals surface area contributed by atoms with E-state index in [-0.39, 0.29) is 5.41 Å². The highest BCUT2D eigenvalue weighted by Gasteiger charge is 2.26. The zero-order valence-electron chi connectivity index (χ0n) is 13.5. The maximum Gasteiger partial charge on any atom is 0.161 e. The molecule has 1 heterocycles. The first-order valence-corrected chi connectivity index (χ1v) is 7.34. The first kappa shape index (κ1) is 15.4. The van der Waals surface area contributed by atoms with Crippen molar-refractivity contribution in [2.75, 3.05) is 7.11 Å². The monoisotopic (exact) mass is 288 g/mol. The predicted molar refractivity (Wildman–Crippen MR) is 84.5 cm³/mol. The Morgan fingerprint density at radius 1 is 1.19 bits per heavy atom. The molecule has 0 aliphatic carbocycles. The molecule has 0 saturated carbocycles. The molecule has 2 rings (SSSR count). The SMILES string of the molecule is CCCc1c(O)c(C(C)(C)C)nn1-c1ccc(OC)cc1. The third kappa shape index (κ3) is 3.04. The van der Waals surface area contributed by atoms with Crippen LogP contribution in [0.4, 0.5) is 0 Å². The number of aromatic hydroxyl groups is 1. The molecule has 0 atom stereocenters. The van der Waals surface area contributed by atoms with Gasteiger partial charge in [0.2, 0.25) is 0 Å². The summed E-state index contributed by atoms with van der Waals surface area (Å²) in [5.41, 5.74) is 2.35. The Labute approximate surface area is 126 Å². The van der Waals surface area contributed by atoms with E-state index in [2.05, 4.69) is 32.8 Å². The van der Waals surface area contributed by atoms with Crippen molar-refractivity contribution in [1.29, 1.82) is 0 Å². The van der Waals surface area contributed by atoms with Crippen LogP contribution in [0.15, 0.2) is 24.3 Å². The topological polar surface area (TPSA) is 47.3 Å². The van der Waals surface area contributed by atoms with Gasteiger partial charge in [-0.1, -0.05) is 34.1 Å². The fraction of sp³-hybridized carbons (Fsp3) is 0.471. The lowest BCUT2D eigenvalue weighted by molar-refractivity contribution is 0.414. The van der Waals surface area contributed by atoms with E-state index in [9.17, 15) is 5.11 Å². The molecule has 0 bridgehead atoms. The van der Waals surface area contributed by atoms with Gasteiger partial charge in [-0.15, -0.1) is 0 Å². The van der Waals surface area contributed by atoms with Gasteiger partial charge in [-0.3, -0.25) is 0 Å². The van der Waals surface area contributed by atoms with Gasteiger partial charge < -0.3 is 9.84 Å². The van der Waals surface area contributed by atoms with E-state index >= 15 is 0 Å². The zero-order chi connectivity index (χ0) is 15.6. The highest BCUT2D eigenvalue weighted by atomic mass is 16.5. The van der Waals surface area contributed by atoms with Crippen LogP contribution < -0.4 is 4.74 Å². The summed E-state index contributed by atoms with van der Waals surface area (Å²) in [5, 5.41) is 15.2. The molecule has 0 aliphatic heterocycles. The van der Waals surface area contributed by atoms with Crippen LogP contribution in [-0.4, -0.2) is 22.0 Å². The minimum Gasteiger partial charge on any atom is -0.504 e.